The van der Waals surface area contributed by atoms with Crippen LogP contribution >= 0.6 is 0 Å². The molecule has 0 bridgehead atoms. The lowest BCUT2D eigenvalue weighted by molar-refractivity contribution is -0.139. The molecule has 0 aliphatic heterocycles. The largest absolute Gasteiger partial charge is 0.481 e. The van der Waals surface area contributed by atoms with Crippen LogP contribution in [0.3, 0.4) is 0 Å². The van der Waals surface area contributed by atoms with Gasteiger partial charge in [-0.2, -0.15) is 0 Å². The summed E-state index contributed by atoms with van der Waals surface area (Å²) in [6.45, 7) is 0.169. The summed E-state index contributed by atoms with van der Waals surface area (Å²) >= 11 is 0. The highest BCUT2D eigenvalue weighted by atomic mass is 16.5. The molecule has 6 nitrogen and oxygen atoms in total. The van der Waals surface area contributed by atoms with Gasteiger partial charge in [-0.25, -0.2) is 4.79 Å². The Morgan fingerprint density at radius 2 is 1.76 bits per heavy atom. The molecule has 0 radical (unpaired) electrons. The van der Waals surface area contributed by atoms with Gasteiger partial charge in [0.15, 0.2) is 6.61 Å². The van der Waals surface area contributed by atoms with Crippen molar-refractivity contribution in [1.29, 1.82) is 0 Å². The second-order valence-corrected chi connectivity index (χ2v) is 8.30. The lowest BCUT2D eigenvalue weighted by Gasteiger charge is -2.14. The van der Waals surface area contributed by atoms with Crippen molar-refractivity contribution in [1.82, 2.24) is 4.57 Å². The van der Waals surface area contributed by atoms with Crippen LogP contribution in [0.1, 0.15) is 29.2 Å². The molecule has 1 aromatic heterocycles. The fraction of sp³-hybridized carbons (Fsp3) is 0.185. The molecule has 1 atom stereocenters. The zero-order valence-corrected chi connectivity index (χ0v) is 18.0. The number of ether oxygens (including phenoxy) is 1. The van der Waals surface area contributed by atoms with E-state index >= 15 is 0 Å². The van der Waals surface area contributed by atoms with Gasteiger partial charge < -0.3 is 20.1 Å². The van der Waals surface area contributed by atoms with Gasteiger partial charge in [-0.1, -0.05) is 60.7 Å². The molecule has 1 amide bonds. The van der Waals surface area contributed by atoms with Gasteiger partial charge in [0.2, 0.25) is 5.91 Å². The van der Waals surface area contributed by atoms with E-state index in [0.29, 0.717) is 18.7 Å². The summed E-state index contributed by atoms with van der Waals surface area (Å²) in [4.78, 5) is 23.4. The number of carboxylic acids is 1. The Labute approximate surface area is 191 Å². The van der Waals surface area contributed by atoms with Crippen molar-refractivity contribution >= 4 is 22.8 Å². The Morgan fingerprint density at radius 3 is 2.52 bits per heavy atom. The summed E-state index contributed by atoms with van der Waals surface area (Å²) < 4.78 is 7.85. The van der Waals surface area contributed by atoms with Crippen LogP contribution in [0.4, 0.5) is 0 Å². The first-order valence-corrected chi connectivity index (χ1v) is 11.0. The van der Waals surface area contributed by atoms with Crippen LogP contribution in [0.2, 0.25) is 0 Å². The van der Waals surface area contributed by atoms with Gasteiger partial charge in [-0.15, -0.1) is 0 Å². The highest BCUT2D eigenvalue weighted by molar-refractivity contribution is 5.98. The summed E-state index contributed by atoms with van der Waals surface area (Å²) in [6, 6.07) is 24.1. The summed E-state index contributed by atoms with van der Waals surface area (Å²) in [6.07, 6.45) is 1.37. The molecule has 0 spiro atoms. The van der Waals surface area contributed by atoms with E-state index in [2.05, 4.69) is 28.8 Å². The van der Waals surface area contributed by atoms with Crippen molar-refractivity contribution < 1.29 is 19.4 Å². The van der Waals surface area contributed by atoms with Crippen molar-refractivity contribution in [3.63, 3.8) is 0 Å². The van der Waals surface area contributed by atoms with Gasteiger partial charge >= 0.3 is 5.97 Å². The average molecular weight is 440 g/mol. The van der Waals surface area contributed by atoms with Crippen LogP contribution in [0, 0.1) is 0 Å². The van der Waals surface area contributed by atoms with E-state index in [1.54, 1.807) is 6.07 Å². The van der Waals surface area contributed by atoms with E-state index in [4.69, 9.17) is 15.6 Å². The fourth-order valence-electron chi connectivity index (χ4n) is 4.97. The van der Waals surface area contributed by atoms with E-state index < -0.39 is 18.5 Å². The molecular formula is C27H24N2O4. The smallest absolute Gasteiger partial charge is 0.341 e. The van der Waals surface area contributed by atoms with E-state index in [1.165, 1.54) is 0 Å². The SMILES string of the molecule is NC(=O)C1CCc2c1c1c(OCC(=O)O)cccc1n2Cc1ccccc1-c1ccccc1. The summed E-state index contributed by atoms with van der Waals surface area (Å²) in [5.41, 5.74) is 12.0. The third kappa shape index (κ3) is 3.74. The van der Waals surface area contributed by atoms with Gasteiger partial charge in [-0.3, -0.25) is 4.79 Å². The molecule has 33 heavy (non-hydrogen) atoms. The molecule has 1 unspecified atom stereocenters. The normalized spacial score (nSPS) is 14.8. The van der Waals surface area contributed by atoms with Crippen LogP contribution in [-0.2, 0) is 22.6 Å². The fourth-order valence-corrected chi connectivity index (χ4v) is 4.97. The molecule has 3 aromatic carbocycles. The zero-order valence-electron chi connectivity index (χ0n) is 18.0. The number of carbonyl (C=O) groups excluding carboxylic acids is 1. The number of rotatable bonds is 7. The predicted octanol–water partition coefficient (Wildman–Crippen LogP) is 4.34. The first-order valence-electron chi connectivity index (χ1n) is 11.0. The summed E-state index contributed by atoms with van der Waals surface area (Å²) in [5.74, 6) is -1.37. The maximum Gasteiger partial charge on any atom is 0.341 e. The number of aromatic nitrogens is 1. The van der Waals surface area contributed by atoms with Crippen LogP contribution < -0.4 is 10.5 Å². The predicted molar refractivity (Wildman–Crippen MR) is 126 cm³/mol. The van der Waals surface area contributed by atoms with Crippen molar-refractivity contribution in [3.05, 3.63) is 89.6 Å². The number of benzene rings is 3. The van der Waals surface area contributed by atoms with Crippen LogP contribution in [0.25, 0.3) is 22.0 Å². The van der Waals surface area contributed by atoms with Gasteiger partial charge in [0.1, 0.15) is 5.75 Å². The number of hydrogen-bond donors (Lipinski definition) is 2. The molecule has 0 saturated carbocycles. The molecule has 3 N–H and O–H groups in total. The number of aliphatic carboxylic acids is 1. The second kappa shape index (κ2) is 8.47. The lowest BCUT2D eigenvalue weighted by atomic mass is 9.99. The number of carboxylic acid groups (broad SMARTS) is 1. The lowest BCUT2D eigenvalue weighted by Crippen LogP contribution is -2.19. The number of hydrogen-bond acceptors (Lipinski definition) is 3. The number of nitrogens with zero attached hydrogens (tertiary/aromatic N) is 1. The van der Waals surface area contributed by atoms with Crippen molar-refractivity contribution in [2.75, 3.05) is 6.61 Å². The molecular weight excluding hydrogens is 416 g/mol. The molecule has 1 aliphatic rings. The van der Waals surface area contributed by atoms with Crippen LogP contribution in [-0.4, -0.2) is 28.2 Å². The van der Waals surface area contributed by atoms with E-state index in [9.17, 15) is 9.59 Å². The average Bonchev–Trinajstić information content (AvgIpc) is 3.38. The Kier molecular flexibility index (Phi) is 5.34. The third-order valence-corrected chi connectivity index (χ3v) is 6.34. The Bertz CT molecular complexity index is 1360. The van der Waals surface area contributed by atoms with Crippen molar-refractivity contribution in [2.45, 2.75) is 25.3 Å². The standard InChI is InChI=1S/C27H24N2O4/c28-27(32)20-13-14-22-25(20)26-21(11-6-12-23(26)33-16-24(30)31)29(22)15-18-9-4-5-10-19(18)17-7-2-1-3-8-17/h1-12,20H,13-16H2,(H2,28,32)(H,30,31). The molecule has 166 valence electrons. The van der Waals surface area contributed by atoms with E-state index in [0.717, 1.165) is 45.3 Å². The monoisotopic (exact) mass is 440 g/mol. The number of carbonyl (C=O) groups is 2. The highest BCUT2D eigenvalue weighted by Gasteiger charge is 2.34. The first-order chi connectivity index (χ1) is 16.0. The Balaban J connectivity index is 1.68. The minimum absolute atomic E-state index is 0.370. The van der Waals surface area contributed by atoms with Gasteiger partial charge in [-0.05, 0) is 47.2 Å². The van der Waals surface area contributed by atoms with E-state index in [-0.39, 0.29) is 5.91 Å². The maximum absolute atomic E-state index is 12.3. The summed E-state index contributed by atoms with van der Waals surface area (Å²) in [7, 11) is 0. The topological polar surface area (TPSA) is 94.6 Å². The number of primary amides is 1. The maximum atomic E-state index is 12.3. The van der Waals surface area contributed by atoms with Gasteiger partial charge in [0, 0.05) is 17.6 Å². The molecule has 6 heteroatoms. The minimum atomic E-state index is -1.05. The number of fused-ring (bicyclic) bond motifs is 3. The Morgan fingerprint density at radius 1 is 1.00 bits per heavy atom. The van der Waals surface area contributed by atoms with Crippen molar-refractivity contribution in [3.8, 4) is 16.9 Å². The molecule has 0 fully saturated rings. The van der Waals surface area contributed by atoms with Crippen LogP contribution in [0.5, 0.6) is 5.75 Å². The van der Waals surface area contributed by atoms with Gasteiger partial charge in [0.05, 0.1) is 11.4 Å². The quantitative estimate of drug-likeness (QED) is 0.447. The number of amides is 1. The summed E-state index contributed by atoms with van der Waals surface area (Å²) in [5, 5.41) is 9.90. The van der Waals surface area contributed by atoms with Crippen LogP contribution in [0.15, 0.2) is 72.8 Å². The van der Waals surface area contributed by atoms with E-state index in [1.807, 2.05) is 42.5 Å². The molecule has 1 aliphatic carbocycles. The molecule has 5 rings (SSSR count). The first kappa shape index (κ1) is 20.8. The van der Waals surface area contributed by atoms with Crippen molar-refractivity contribution in [2.24, 2.45) is 5.73 Å². The highest BCUT2D eigenvalue weighted by Crippen LogP contribution is 2.44. The molecule has 1 heterocycles. The second-order valence-electron chi connectivity index (χ2n) is 8.30. The third-order valence-electron chi connectivity index (χ3n) is 6.34. The minimum Gasteiger partial charge on any atom is -0.481 e. The molecule has 0 saturated heterocycles. The van der Waals surface area contributed by atoms with Gasteiger partial charge in [0.25, 0.3) is 0 Å². The zero-order chi connectivity index (χ0) is 22.9. The number of nitrogens with two attached hydrogens (primary N) is 1. The molecule has 4 aromatic rings. The Hall–Kier alpha value is -4.06.